The molecule has 0 aliphatic heterocycles. The van der Waals surface area contributed by atoms with Crippen molar-refractivity contribution in [2.75, 3.05) is 6.61 Å². The van der Waals surface area contributed by atoms with E-state index in [9.17, 15) is 4.79 Å². The van der Waals surface area contributed by atoms with Gasteiger partial charge in [0.1, 0.15) is 0 Å². The minimum absolute atomic E-state index is 0.355. The molecule has 0 N–H and O–H groups in total. The molecule has 0 fully saturated rings. The van der Waals surface area contributed by atoms with Crippen LogP contribution in [0.5, 0.6) is 5.88 Å². The fourth-order valence-electron chi connectivity index (χ4n) is 1.06. The van der Waals surface area contributed by atoms with E-state index < -0.39 is 6.10 Å². The highest BCUT2D eigenvalue weighted by Gasteiger charge is 2.15. The Bertz CT molecular complexity index is 338. The lowest BCUT2D eigenvalue weighted by molar-refractivity contribution is -0.150. The SMILES string of the molecule is CCOC(=O)C(C)Oc1cc(C)ccn1. The molecule has 0 amide bonds. The zero-order chi connectivity index (χ0) is 11.3. The Morgan fingerprint density at radius 1 is 1.60 bits per heavy atom. The van der Waals surface area contributed by atoms with Gasteiger partial charge in [0, 0.05) is 12.3 Å². The first-order valence-corrected chi connectivity index (χ1v) is 4.89. The number of pyridine rings is 1. The van der Waals surface area contributed by atoms with Crippen LogP contribution in [0.25, 0.3) is 0 Å². The van der Waals surface area contributed by atoms with Gasteiger partial charge in [0.05, 0.1) is 6.61 Å². The molecule has 1 rings (SSSR count). The highest BCUT2D eigenvalue weighted by molar-refractivity contribution is 5.74. The van der Waals surface area contributed by atoms with Crippen molar-refractivity contribution in [1.29, 1.82) is 0 Å². The second-order valence-corrected chi connectivity index (χ2v) is 3.18. The highest BCUT2D eigenvalue weighted by Crippen LogP contribution is 2.10. The molecule has 0 radical (unpaired) electrons. The van der Waals surface area contributed by atoms with E-state index >= 15 is 0 Å². The van der Waals surface area contributed by atoms with Gasteiger partial charge in [-0.1, -0.05) is 0 Å². The number of rotatable bonds is 4. The number of carbonyl (C=O) groups excluding carboxylic acids is 1. The minimum atomic E-state index is -0.626. The zero-order valence-electron chi connectivity index (χ0n) is 9.19. The maximum atomic E-state index is 11.3. The molecule has 82 valence electrons. The van der Waals surface area contributed by atoms with Crippen molar-refractivity contribution in [3.05, 3.63) is 23.9 Å². The summed E-state index contributed by atoms with van der Waals surface area (Å²) in [4.78, 5) is 15.2. The van der Waals surface area contributed by atoms with Crippen LogP contribution in [-0.2, 0) is 9.53 Å². The second-order valence-electron chi connectivity index (χ2n) is 3.18. The van der Waals surface area contributed by atoms with Crippen molar-refractivity contribution >= 4 is 5.97 Å². The maximum absolute atomic E-state index is 11.3. The Labute approximate surface area is 89.2 Å². The number of ether oxygens (including phenoxy) is 2. The normalized spacial score (nSPS) is 11.9. The standard InChI is InChI=1S/C11H15NO3/c1-4-14-11(13)9(3)15-10-7-8(2)5-6-12-10/h5-7,9H,4H2,1-3H3. The van der Waals surface area contributed by atoms with Crippen LogP contribution in [0.15, 0.2) is 18.3 Å². The van der Waals surface area contributed by atoms with Crippen LogP contribution in [0.2, 0.25) is 0 Å². The molecule has 0 bridgehead atoms. The van der Waals surface area contributed by atoms with Gasteiger partial charge in [-0.05, 0) is 32.4 Å². The van der Waals surface area contributed by atoms with Gasteiger partial charge in [0.15, 0.2) is 6.10 Å². The van der Waals surface area contributed by atoms with Gasteiger partial charge >= 0.3 is 5.97 Å². The van der Waals surface area contributed by atoms with E-state index in [1.165, 1.54) is 0 Å². The van der Waals surface area contributed by atoms with Crippen molar-refractivity contribution in [3.63, 3.8) is 0 Å². The van der Waals surface area contributed by atoms with Gasteiger partial charge in [-0.2, -0.15) is 0 Å². The quantitative estimate of drug-likeness (QED) is 0.708. The van der Waals surface area contributed by atoms with Crippen LogP contribution in [0, 0.1) is 6.92 Å². The van der Waals surface area contributed by atoms with Crippen LogP contribution in [-0.4, -0.2) is 23.7 Å². The van der Waals surface area contributed by atoms with E-state index in [2.05, 4.69) is 4.98 Å². The van der Waals surface area contributed by atoms with Gasteiger partial charge in [-0.25, -0.2) is 9.78 Å². The molecule has 1 aromatic rings. The van der Waals surface area contributed by atoms with Gasteiger partial charge in [-0.3, -0.25) is 0 Å². The van der Waals surface area contributed by atoms with Gasteiger partial charge in [0.2, 0.25) is 5.88 Å². The molecule has 1 aromatic heterocycles. The zero-order valence-corrected chi connectivity index (χ0v) is 9.19. The summed E-state index contributed by atoms with van der Waals surface area (Å²) in [5.41, 5.74) is 1.04. The van der Waals surface area contributed by atoms with Crippen LogP contribution in [0.4, 0.5) is 0 Å². The number of hydrogen-bond donors (Lipinski definition) is 0. The summed E-state index contributed by atoms with van der Waals surface area (Å²) in [5, 5.41) is 0. The first-order valence-electron chi connectivity index (χ1n) is 4.89. The molecular weight excluding hydrogens is 194 g/mol. The minimum Gasteiger partial charge on any atom is -0.463 e. The van der Waals surface area contributed by atoms with Crippen LogP contribution in [0.1, 0.15) is 19.4 Å². The van der Waals surface area contributed by atoms with E-state index in [1.807, 2.05) is 13.0 Å². The van der Waals surface area contributed by atoms with E-state index in [-0.39, 0.29) is 5.97 Å². The summed E-state index contributed by atoms with van der Waals surface area (Å²) in [6.45, 7) is 5.69. The molecule has 1 unspecified atom stereocenters. The topological polar surface area (TPSA) is 48.4 Å². The van der Waals surface area contributed by atoms with Crippen LogP contribution in [0.3, 0.4) is 0 Å². The number of hydrogen-bond acceptors (Lipinski definition) is 4. The molecule has 4 heteroatoms. The van der Waals surface area contributed by atoms with Crippen molar-refractivity contribution in [2.45, 2.75) is 26.9 Å². The number of carbonyl (C=O) groups is 1. The van der Waals surface area contributed by atoms with Crippen LogP contribution >= 0.6 is 0 Å². The Balaban J connectivity index is 2.58. The second kappa shape index (κ2) is 5.34. The monoisotopic (exact) mass is 209 g/mol. The maximum Gasteiger partial charge on any atom is 0.347 e. The average molecular weight is 209 g/mol. The molecule has 1 atom stereocenters. The Hall–Kier alpha value is -1.58. The fraction of sp³-hybridized carbons (Fsp3) is 0.455. The molecule has 0 aromatic carbocycles. The van der Waals surface area contributed by atoms with Crippen molar-refractivity contribution in [3.8, 4) is 5.88 Å². The molecule has 0 aliphatic carbocycles. The largest absolute Gasteiger partial charge is 0.463 e. The van der Waals surface area contributed by atoms with E-state index in [4.69, 9.17) is 9.47 Å². The number of aryl methyl sites for hydroxylation is 1. The number of nitrogens with zero attached hydrogens (tertiary/aromatic N) is 1. The van der Waals surface area contributed by atoms with E-state index in [1.54, 1.807) is 26.1 Å². The van der Waals surface area contributed by atoms with E-state index in [0.717, 1.165) is 5.56 Å². The van der Waals surface area contributed by atoms with Crippen molar-refractivity contribution in [2.24, 2.45) is 0 Å². The Kier molecular flexibility index (Phi) is 4.09. The molecule has 0 aliphatic rings. The smallest absolute Gasteiger partial charge is 0.347 e. The van der Waals surface area contributed by atoms with Gasteiger partial charge in [0.25, 0.3) is 0 Å². The summed E-state index contributed by atoms with van der Waals surface area (Å²) in [6.07, 6.45) is 1.02. The average Bonchev–Trinajstić information content (AvgIpc) is 2.18. The van der Waals surface area contributed by atoms with Crippen molar-refractivity contribution < 1.29 is 14.3 Å². The fourth-order valence-corrected chi connectivity index (χ4v) is 1.06. The summed E-state index contributed by atoms with van der Waals surface area (Å²) >= 11 is 0. The molecule has 1 heterocycles. The number of esters is 1. The summed E-state index contributed by atoms with van der Waals surface area (Å²) in [6, 6.07) is 3.64. The molecule has 15 heavy (non-hydrogen) atoms. The first-order chi connectivity index (χ1) is 7.13. The lowest BCUT2D eigenvalue weighted by Gasteiger charge is -2.12. The highest BCUT2D eigenvalue weighted by atomic mass is 16.6. The summed E-state index contributed by atoms with van der Waals surface area (Å²) in [7, 11) is 0. The summed E-state index contributed by atoms with van der Waals surface area (Å²) < 4.78 is 10.1. The van der Waals surface area contributed by atoms with Gasteiger partial charge in [-0.15, -0.1) is 0 Å². The number of aromatic nitrogens is 1. The first kappa shape index (κ1) is 11.5. The predicted molar refractivity (Wildman–Crippen MR) is 55.7 cm³/mol. The molecular formula is C11H15NO3. The van der Waals surface area contributed by atoms with Crippen molar-refractivity contribution in [1.82, 2.24) is 4.98 Å². The third kappa shape index (κ3) is 3.58. The lowest BCUT2D eigenvalue weighted by Crippen LogP contribution is -2.26. The van der Waals surface area contributed by atoms with E-state index in [0.29, 0.717) is 12.5 Å². The van der Waals surface area contributed by atoms with Gasteiger partial charge < -0.3 is 9.47 Å². The lowest BCUT2D eigenvalue weighted by atomic mass is 10.3. The molecule has 4 nitrogen and oxygen atoms in total. The molecule has 0 saturated heterocycles. The Morgan fingerprint density at radius 3 is 2.93 bits per heavy atom. The summed E-state index contributed by atoms with van der Waals surface area (Å²) in [5.74, 6) is 0.0661. The van der Waals surface area contributed by atoms with Crippen LogP contribution < -0.4 is 4.74 Å². The molecule has 0 saturated carbocycles. The third-order valence-corrected chi connectivity index (χ3v) is 1.81. The predicted octanol–water partition coefficient (Wildman–Crippen LogP) is 1.72. The Morgan fingerprint density at radius 2 is 2.33 bits per heavy atom. The molecule has 0 spiro atoms. The third-order valence-electron chi connectivity index (χ3n) is 1.81.